The molecule has 0 unspecified atom stereocenters. The molecule has 0 N–H and O–H groups in total. The van der Waals surface area contributed by atoms with Crippen LogP contribution in [0.3, 0.4) is 0 Å². The molecule has 0 aliphatic carbocycles. The quantitative estimate of drug-likeness (QED) is 0.544. The fraction of sp³-hybridized carbons (Fsp3) is 0.423. The highest BCUT2D eigenvalue weighted by Gasteiger charge is 2.25. The van der Waals surface area contributed by atoms with Crippen LogP contribution in [0.15, 0.2) is 60.7 Å². The summed E-state index contributed by atoms with van der Waals surface area (Å²) in [7, 11) is 0. The first-order chi connectivity index (χ1) is 15.8. The van der Waals surface area contributed by atoms with Crippen LogP contribution < -0.4 is 0 Å². The highest BCUT2D eigenvalue weighted by molar-refractivity contribution is 6.30. The average Bonchev–Trinajstić information content (AvgIpc) is 3.30. The molecule has 2 aliphatic heterocycles. The third-order valence-corrected chi connectivity index (χ3v) is 6.96. The Kier molecular flexibility index (Phi) is 6.89. The van der Waals surface area contributed by atoms with Gasteiger partial charge in [0.05, 0.1) is 30.3 Å². The summed E-state index contributed by atoms with van der Waals surface area (Å²) >= 11 is 6.14. The molecule has 2 aliphatic rings. The number of benzene rings is 2. The van der Waals surface area contributed by atoms with Gasteiger partial charge in [0.2, 0.25) is 0 Å². The van der Waals surface area contributed by atoms with Crippen LogP contribution in [0.5, 0.6) is 0 Å². The topological polar surface area (TPSA) is 33.5 Å². The van der Waals surface area contributed by atoms with Gasteiger partial charge >= 0.3 is 0 Å². The Balaban J connectivity index is 1.29. The van der Waals surface area contributed by atoms with Gasteiger partial charge in [0.25, 0.3) is 0 Å². The molecular weight excluding hydrogens is 420 g/mol. The molecule has 0 atom stereocenters. The predicted octanol–water partition coefficient (Wildman–Crippen LogP) is 4.70. The largest absolute Gasteiger partial charge is 0.379 e. The van der Waals surface area contributed by atoms with Crippen molar-refractivity contribution in [2.45, 2.75) is 18.8 Å². The predicted molar refractivity (Wildman–Crippen MR) is 130 cm³/mol. The summed E-state index contributed by atoms with van der Waals surface area (Å²) in [6.07, 6.45) is 2.32. The summed E-state index contributed by atoms with van der Waals surface area (Å²) in [6.45, 7) is 8.48. The Hall–Kier alpha value is -2.18. The number of hydrogen-bond donors (Lipinski definition) is 0. The second-order valence-corrected chi connectivity index (χ2v) is 9.22. The lowest BCUT2D eigenvalue weighted by Crippen LogP contribution is -2.43. The molecule has 32 heavy (non-hydrogen) atoms. The van der Waals surface area contributed by atoms with Crippen molar-refractivity contribution in [1.82, 2.24) is 19.6 Å². The summed E-state index contributed by atoms with van der Waals surface area (Å²) in [5, 5.41) is 5.84. The van der Waals surface area contributed by atoms with E-state index in [1.54, 1.807) is 0 Å². The molecule has 0 amide bonds. The highest BCUT2D eigenvalue weighted by Crippen LogP contribution is 2.32. The lowest BCUT2D eigenvalue weighted by Gasteiger charge is -2.34. The number of piperidine rings is 1. The molecule has 0 radical (unpaired) electrons. The fourth-order valence-electron chi connectivity index (χ4n) is 4.75. The van der Waals surface area contributed by atoms with Crippen molar-refractivity contribution in [2.75, 3.05) is 52.5 Å². The molecule has 3 heterocycles. The van der Waals surface area contributed by atoms with Gasteiger partial charge in [-0.15, -0.1) is 0 Å². The molecule has 0 bridgehead atoms. The van der Waals surface area contributed by atoms with Crippen LogP contribution in [-0.4, -0.2) is 72.1 Å². The second-order valence-electron chi connectivity index (χ2n) is 8.78. The molecule has 3 aromatic rings. The number of hydrogen-bond acceptors (Lipinski definition) is 4. The van der Waals surface area contributed by atoms with Gasteiger partial charge in [-0.25, -0.2) is 4.68 Å². The number of halogens is 1. The Morgan fingerprint density at radius 3 is 2.19 bits per heavy atom. The molecule has 6 heteroatoms. The summed E-state index contributed by atoms with van der Waals surface area (Å²) in [5.41, 5.74) is 4.55. The smallest absolute Gasteiger partial charge is 0.0743 e. The molecule has 0 spiro atoms. The van der Waals surface area contributed by atoms with Crippen LogP contribution in [0.25, 0.3) is 16.9 Å². The van der Waals surface area contributed by atoms with Gasteiger partial charge < -0.3 is 9.64 Å². The number of rotatable bonds is 6. The van der Waals surface area contributed by atoms with Crippen molar-refractivity contribution in [3.05, 3.63) is 71.4 Å². The minimum atomic E-state index is 0.505. The van der Waals surface area contributed by atoms with E-state index < -0.39 is 0 Å². The van der Waals surface area contributed by atoms with E-state index in [2.05, 4.69) is 56.9 Å². The van der Waals surface area contributed by atoms with E-state index in [4.69, 9.17) is 21.4 Å². The number of likely N-dealkylation sites (tertiary alicyclic amines) is 1. The molecule has 5 rings (SSSR count). The Morgan fingerprint density at radius 1 is 0.844 bits per heavy atom. The molecule has 2 fully saturated rings. The maximum absolute atomic E-state index is 6.14. The zero-order valence-electron chi connectivity index (χ0n) is 18.5. The van der Waals surface area contributed by atoms with Gasteiger partial charge in [0, 0.05) is 42.7 Å². The Morgan fingerprint density at radius 2 is 1.50 bits per heavy atom. The standard InChI is InChI=1S/C26H31ClN4O/c27-23-8-6-22(7-9-23)26-20-25(28-31(26)24-4-2-1-3-5-24)21-10-12-29(13-11-21)14-15-30-16-18-32-19-17-30/h1-9,20-21H,10-19H2. The van der Waals surface area contributed by atoms with Crippen LogP contribution in [0.4, 0.5) is 0 Å². The van der Waals surface area contributed by atoms with Crippen molar-refractivity contribution in [2.24, 2.45) is 0 Å². The molecule has 0 saturated carbocycles. The zero-order valence-corrected chi connectivity index (χ0v) is 19.3. The van der Waals surface area contributed by atoms with E-state index in [0.717, 1.165) is 87.3 Å². The van der Waals surface area contributed by atoms with Crippen LogP contribution in [-0.2, 0) is 4.74 Å². The first-order valence-electron chi connectivity index (χ1n) is 11.7. The molecule has 1 aromatic heterocycles. The molecule has 5 nitrogen and oxygen atoms in total. The summed E-state index contributed by atoms with van der Waals surface area (Å²) < 4.78 is 7.55. The summed E-state index contributed by atoms with van der Waals surface area (Å²) in [4.78, 5) is 5.13. The van der Waals surface area contributed by atoms with Crippen molar-refractivity contribution >= 4 is 11.6 Å². The fourth-order valence-corrected chi connectivity index (χ4v) is 4.88. The van der Waals surface area contributed by atoms with E-state index in [1.165, 1.54) is 5.69 Å². The molecular formula is C26H31ClN4O. The van der Waals surface area contributed by atoms with Gasteiger partial charge in [0.15, 0.2) is 0 Å². The van der Waals surface area contributed by atoms with E-state index >= 15 is 0 Å². The van der Waals surface area contributed by atoms with Gasteiger partial charge in [-0.2, -0.15) is 5.10 Å². The Labute approximate surface area is 195 Å². The summed E-state index contributed by atoms with van der Waals surface area (Å²) in [6, 6.07) is 20.7. The minimum absolute atomic E-state index is 0.505. The lowest BCUT2D eigenvalue weighted by molar-refractivity contribution is 0.0320. The average molecular weight is 451 g/mol. The molecule has 2 saturated heterocycles. The maximum Gasteiger partial charge on any atom is 0.0743 e. The zero-order chi connectivity index (χ0) is 21.8. The third-order valence-electron chi connectivity index (χ3n) is 6.71. The lowest BCUT2D eigenvalue weighted by atomic mass is 9.93. The van der Waals surface area contributed by atoms with Crippen molar-refractivity contribution in [3.8, 4) is 16.9 Å². The number of para-hydroxylation sites is 1. The number of aromatic nitrogens is 2. The van der Waals surface area contributed by atoms with Crippen molar-refractivity contribution < 1.29 is 4.74 Å². The van der Waals surface area contributed by atoms with E-state index in [9.17, 15) is 0 Å². The monoisotopic (exact) mass is 450 g/mol. The van der Waals surface area contributed by atoms with E-state index in [1.807, 2.05) is 18.2 Å². The Bertz CT molecular complexity index is 990. The van der Waals surface area contributed by atoms with Crippen LogP contribution in [0.1, 0.15) is 24.5 Å². The number of ether oxygens (including phenoxy) is 1. The van der Waals surface area contributed by atoms with Gasteiger partial charge in [-0.1, -0.05) is 41.9 Å². The third kappa shape index (κ3) is 5.07. The van der Waals surface area contributed by atoms with Gasteiger partial charge in [-0.05, 0) is 56.3 Å². The molecule has 2 aromatic carbocycles. The minimum Gasteiger partial charge on any atom is -0.379 e. The van der Waals surface area contributed by atoms with Crippen LogP contribution in [0, 0.1) is 0 Å². The normalized spacial score (nSPS) is 18.8. The highest BCUT2D eigenvalue weighted by atomic mass is 35.5. The maximum atomic E-state index is 6.14. The first kappa shape index (κ1) is 21.7. The SMILES string of the molecule is Clc1ccc(-c2cc(C3CCN(CCN4CCOCC4)CC3)nn2-c2ccccc2)cc1. The second kappa shape index (κ2) is 10.2. The first-order valence-corrected chi connectivity index (χ1v) is 12.1. The van der Waals surface area contributed by atoms with E-state index in [-0.39, 0.29) is 0 Å². The molecule has 168 valence electrons. The van der Waals surface area contributed by atoms with E-state index in [0.29, 0.717) is 5.92 Å². The van der Waals surface area contributed by atoms with Crippen LogP contribution in [0.2, 0.25) is 5.02 Å². The van der Waals surface area contributed by atoms with Crippen molar-refractivity contribution in [1.29, 1.82) is 0 Å². The van der Waals surface area contributed by atoms with Crippen LogP contribution >= 0.6 is 11.6 Å². The van der Waals surface area contributed by atoms with Gasteiger partial charge in [0.1, 0.15) is 0 Å². The number of nitrogens with zero attached hydrogens (tertiary/aromatic N) is 4. The van der Waals surface area contributed by atoms with Crippen molar-refractivity contribution in [3.63, 3.8) is 0 Å². The summed E-state index contributed by atoms with van der Waals surface area (Å²) in [5.74, 6) is 0.505. The number of morpholine rings is 1. The van der Waals surface area contributed by atoms with Gasteiger partial charge in [-0.3, -0.25) is 4.90 Å².